The molecule has 2 N–H and O–H groups in total. The predicted octanol–water partition coefficient (Wildman–Crippen LogP) is 2.67. The summed E-state index contributed by atoms with van der Waals surface area (Å²) in [4.78, 5) is 28.4. The Morgan fingerprint density at radius 3 is 2.27 bits per heavy atom. The van der Waals surface area contributed by atoms with Crippen molar-refractivity contribution in [3.8, 4) is 0 Å². The molecule has 0 aliphatic heterocycles. The molecule has 1 atom stereocenters. The Bertz CT molecular complexity index is 163. The van der Waals surface area contributed by atoms with E-state index in [0.29, 0.717) is 0 Å². The summed E-state index contributed by atoms with van der Waals surface area (Å²) in [5.41, 5.74) is 0. The van der Waals surface area contributed by atoms with Crippen LogP contribution in [0.5, 0.6) is 0 Å². The fourth-order valence-corrected chi connectivity index (χ4v) is 0.985. The van der Waals surface area contributed by atoms with Gasteiger partial charge in [-0.25, -0.2) is 0 Å². The average molecular weight is 240 g/mol. The van der Waals surface area contributed by atoms with E-state index < -0.39 is 8.25 Å². The summed E-state index contributed by atoms with van der Waals surface area (Å²) in [6.45, 7) is 4.04. The van der Waals surface area contributed by atoms with Gasteiger partial charge in [0.2, 0.25) is 0 Å². The fourth-order valence-electron chi connectivity index (χ4n) is 0.985. The maximum absolute atomic E-state index is 9.63. The van der Waals surface area contributed by atoms with Gasteiger partial charge in [0, 0.05) is 4.57 Å². The average Bonchev–Trinajstić information content (AvgIpc) is 2.12. The highest BCUT2D eigenvalue weighted by Crippen LogP contribution is 2.07. The van der Waals surface area contributed by atoms with Gasteiger partial charge in [0.1, 0.15) is 6.10 Å². The van der Waals surface area contributed by atoms with E-state index in [9.17, 15) is 4.91 Å². The Morgan fingerprint density at radius 1 is 1.33 bits per heavy atom. The molecular formula is C8H19NO5P+. The number of nitrogens with zero attached hydrogens (tertiary/aromatic N) is 1. The van der Waals surface area contributed by atoms with E-state index in [4.69, 9.17) is 14.4 Å². The lowest BCUT2D eigenvalue weighted by Gasteiger charge is -2.05. The minimum atomic E-state index is -2.87. The van der Waals surface area contributed by atoms with Crippen LogP contribution in [0.15, 0.2) is 5.34 Å². The van der Waals surface area contributed by atoms with E-state index in [-0.39, 0.29) is 6.10 Å². The van der Waals surface area contributed by atoms with Crippen molar-refractivity contribution in [2.45, 2.75) is 52.1 Å². The van der Waals surface area contributed by atoms with Crippen LogP contribution in [-0.4, -0.2) is 15.9 Å². The van der Waals surface area contributed by atoms with E-state index in [1.165, 1.54) is 19.3 Å². The maximum Gasteiger partial charge on any atom is 0.692 e. The maximum atomic E-state index is 9.63. The van der Waals surface area contributed by atoms with E-state index in [1.54, 1.807) is 0 Å². The molecule has 0 radical (unpaired) electrons. The highest BCUT2D eigenvalue weighted by atomic mass is 31.1. The normalized spacial score (nSPS) is 10.9. The zero-order chi connectivity index (χ0) is 12.1. The standard InChI is InChI=1S/C8H17NO2.HO3P/c1-3-4-5-6-7-8(2)11-9-10;1-4(2)3/h8H,3-7H2,1-2H3;(H-,1,2,3)/p+1. The van der Waals surface area contributed by atoms with Crippen molar-refractivity contribution in [3.63, 3.8) is 0 Å². The van der Waals surface area contributed by atoms with Crippen LogP contribution in [0.2, 0.25) is 0 Å². The lowest BCUT2D eigenvalue weighted by atomic mass is 10.1. The third-order valence-corrected chi connectivity index (χ3v) is 1.69. The van der Waals surface area contributed by atoms with Crippen LogP contribution in [-0.2, 0) is 9.40 Å². The van der Waals surface area contributed by atoms with Crippen LogP contribution >= 0.6 is 8.25 Å². The van der Waals surface area contributed by atoms with Crippen molar-refractivity contribution in [2.24, 2.45) is 5.34 Å². The first-order valence-electron chi connectivity index (χ1n) is 4.88. The fraction of sp³-hybridized carbons (Fsp3) is 1.00. The molecule has 0 rings (SSSR count). The van der Waals surface area contributed by atoms with Crippen molar-refractivity contribution < 1.29 is 19.2 Å². The van der Waals surface area contributed by atoms with Crippen LogP contribution < -0.4 is 0 Å². The lowest BCUT2D eigenvalue weighted by Crippen LogP contribution is -2.02. The second-order valence-electron chi connectivity index (χ2n) is 3.09. The molecule has 0 aliphatic carbocycles. The lowest BCUT2D eigenvalue weighted by molar-refractivity contribution is 0.0607. The molecule has 1 unspecified atom stereocenters. The topological polar surface area (TPSA) is 96.2 Å². The molecule has 0 aliphatic rings. The van der Waals surface area contributed by atoms with Crippen LogP contribution in [0.4, 0.5) is 0 Å². The van der Waals surface area contributed by atoms with Crippen molar-refractivity contribution >= 4 is 8.25 Å². The molecule has 0 amide bonds. The van der Waals surface area contributed by atoms with Gasteiger partial charge in [-0.3, -0.25) is 0 Å². The van der Waals surface area contributed by atoms with Crippen molar-refractivity contribution in [2.75, 3.05) is 0 Å². The number of hydrogen-bond acceptors (Lipinski definition) is 4. The molecule has 0 bridgehead atoms. The highest BCUT2D eigenvalue weighted by Gasteiger charge is 2.00. The molecule has 0 aromatic rings. The molecule has 0 saturated carbocycles. The van der Waals surface area contributed by atoms with Crippen LogP contribution in [0.3, 0.4) is 0 Å². The quantitative estimate of drug-likeness (QED) is 0.308. The molecule has 0 aromatic heterocycles. The van der Waals surface area contributed by atoms with Crippen molar-refractivity contribution in [1.29, 1.82) is 0 Å². The van der Waals surface area contributed by atoms with Crippen molar-refractivity contribution in [1.82, 2.24) is 0 Å². The van der Waals surface area contributed by atoms with E-state index in [0.717, 1.165) is 12.8 Å². The summed E-state index contributed by atoms with van der Waals surface area (Å²) in [5.74, 6) is 0. The molecule has 0 fully saturated rings. The summed E-state index contributed by atoms with van der Waals surface area (Å²) in [6, 6.07) is 0. The Morgan fingerprint density at radius 2 is 1.87 bits per heavy atom. The second-order valence-corrected chi connectivity index (χ2v) is 3.60. The second kappa shape index (κ2) is 13.4. The smallest absolute Gasteiger partial charge is 0.361 e. The largest absolute Gasteiger partial charge is 0.692 e. The summed E-state index contributed by atoms with van der Waals surface area (Å²) < 4.78 is 8.70. The molecule has 0 aromatic carbocycles. The van der Waals surface area contributed by atoms with Gasteiger partial charge < -0.3 is 4.84 Å². The third-order valence-electron chi connectivity index (χ3n) is 1.69. The summed E-state index contributed by atoms with van der Waals surface area (Å²) in [6.07, 6.45) is 5.78. The molecule has 0 spiro atoms. The first-order valence-corrected chi connectivity index (χ1v) is 6.04. The summed E-state index contributed by atoms with van der Waals surface area (Å²) >= 11 is 0. The minimum absolute atomic E-state index is 0.00986. The minimum Gasteiger partial charge on any atom is -0.361 e. The first kappa shape index (κ1) is 16.8. The molecule has 0 saturated heterocycles. The number of hydrogen-bond donors (Lipinski definition) is 2. The van der Waals surface area contributed by atoms with Gasteiger partial charge >= 0.3 is 8.25 Å². The molecule has 7 heteroatoms. The Kier molecular flexibility index (Phi) is 15.1. The molecule has 6 nitrogen and oxygen atoms in total. The summed E-state index contributed by atoms with van der Waals surface area (Å²) in [7, 11) is -2.87. The van der Waals surface area contributed by atoms with Crippen molar-refractivity contribution in [3.05, 3.63) is 4.91 Å². The SMILES string of the molecule is CCCCCCC(C)ON=O.O=[P+](O)O. The number of rotatable bonds is 7. The van der Waals surface area contributed by atoms with Gasteiger partial charge in [0.15, 0.2) is 5.34 Å². The third kappa shape index (κ3) is 24.7. The van der Waals surface area contributed by atoms with Gasteiger partial charge in [-0.1, -0.05) is 26.2 Å². The molecule has 15 heavy (non-hydrogen) atoms. The van der Waals surface area contributed by atoms with E-state index in [1.807, 2.05) is 6.92 Å². The molecule has 90 valence electrons. The van der Waals surface area contributed by atoms with Gasteiger partial charge in [-0.05, 0) is 19.8 Å². The van der Waals surface area contributed by atoms with Crippen LogP contribution in [0.25, 0.3) is 0 Å². The van der Waals surface area contributed by atoms with Gasteiger partial charge in [-0.2, -0.15) is 0 Å². The monoisotopic (exact) mass is 240 g/mol. The van der Waals surface area contributed by atoms with Gasteiger partial charge in [0.05, 0.1) is 0 Å². The van der Waals surface area contributed by atoms with Crippen LogP contribution in [0.1, 0.15) is 46.0 Å². The van der Waals surface area contributed by atoms with Gasteiger partial charge in [0.25, 0.3) is 0 Å². The zero-order valence-corrected chi connectivity index (χ0v) is 10.0. The zero-order valence-electron chi connectivity index (χ0n) is 9.13. The Balaban J connectivity index is 0. The van der Waals surface area contributed by atoms with Crippen LogP contribution in [0, 0.1) is 4.91 Å². The van der Waals surface area contributed by atoms with E-state index >= 15 is 0 Å². The Labute approximate surface area is 90.5 Å². The predicted molar refractivity (Wildman–Crippen MR) is 57.1 cm³/mol. The highest BCUT2D eigenvalue weighted by molar-refractivity contribution is 7.30. The Hall–Kier alpha value is -0.580. The van der Waals surface area contributed by atoms with Gasteiger partial charge in [-0.15, -0.1) is 14.7 Å². The molecular weight excluding hydrogens is 221 g/mol. The first-order chi connectivity index (χ1) is 7.04. The van der Waals surface area contributed by atoms with E-state index in [2.05, 4.69) is 17.1 Å². The number of unbranched alkanes of at least 4 members (excludes halogenated alkanes) is 3. The summed E-state index contributed by atoms with van der Waals surface area (Å²) in [5, 5.41) is 2.38. The molecule has 0 heterocycles.